The summed E-state index contributed by atoms with van der Waals surface area (Å²) in [7, 11) is 0. The Morgan fingerprint density at radius 1 is 1.33 bits per heavy atom. The third-order valence-corrected chi connectivity index (χ3v) is 4.18. The van der Waals surface area contributed by atoms with Gasteiger partial charge in [0.25, 0.3) is 0 Å². The van der Waals surface area contributed by atoms with E-state index in [1.165, 1.54) is 12.8 Å². The van der Waals surface area contributed by atoms with Crippen molar-refractivity contribution >= 4 is 6.09 Å². The van der Waals surface area contributed by atoms with Crippen molar-refractivity contribution in [3.63, 3.8) is 0 Å². The van der Waals surface area contributed by atoms with Crippen LogP contribution in [0.3, 0.4) is 0 Å². The molecule has 1 N–H and O–H groups in total. The van der Waals surface area contributed by atoms with Crippen LogP contribution < -0.4 is 5.32 Å². The van der Waals surface area contributed by atoms with Crippen molar-refractivity contribution in [1.82, 2.24) is 10.2 Å². The lowest BCUT2D eigenvalue weighted by atomic mass is 9.89. The quantitative estimate of drug-likeness (QED) is 0.839. The number of rotatable bonds is 5. The highest BCUT2D eigenvalue weighted by atomic mass is 16.6. The van der Waals surface area contributed by atoms with Gasteiger partial charge in [-0.1, -0.05) is 20.3 Å². The molecule has 1 saturated heterocycles. The van der Waals surface area contributed by atoms with Crippen LogP contribution in [0.15, 0.2) is 0 Å². The van der Waals surface area contributed by atoms with E-state index in [9.17, 15) is 4.79 Å². The van der Waals surface area contributed by atoms with Gasteiger partial charge >= 0.3 is 6.09 Å². The van der Waals surface area contributed by atoms with Crippen molar-refractivity contribution in [3.05, 3.63) is 0 Å². The van der Waals surface area contributed by atoms with E-state index in [-0.39, 0.29) is 11.6 Å². The molecule has 0 aromatic heterocycles. The van der Waals surface area contributed by atoms with Crippen molar-refractivity contribution in [2.45, 2.75) is 78.4 Å². The normalized spacial score (nSPS) is 20.2. The van der Waals surface area contributed by atoms with Crippen LogP contribution >= 0.6 is 0 Å². The molecule has 1 aliphatic heterocycles. The number of piperidine rings is 1. The standard InChI is InChI=1S/C17H34N2O2/c1-7-8-14(2)13-18-17(6)9-11-19(12-10-17)15(20)21-16(3,4)5/h14,18H,7-13H2,1-6H3. The number of ether oxygens (including phenoxy) is 1. The second kappa shape index (κ2) is 7.48. The molecule has 124 valence electrons. The Labute approximate surface area is 130 Å². The molecule has 1 fully saturated rings. The van der Waals surface area contributed by atoms with E-state index in [4.69, 9.17) is 4.74 Å². The first-order chi connectivity index (χ1) is 9.65. The fourth-order valence-electron chi connectivity index (χ4n) is 2.70. The lowest BCUT2D eigenvalue weighted by molar-refractivity contribution is 0.0156. The maximum atomic E-state index is 12.1. The van der Waals surface area contributed by atoms with E-state index >= 15 is 0 Å². The number of hydrogen-bond donors (Lipinski definition) is 1. The predicted molar refractivity (Wildman–Crippen MR) is 87.5 cm³/mol. The van der Waals surface area contributed by atoms with E-state index in [1.807, 2.05) is 25.7 Å². The highest BCUT2D eigenvalue weighted by Gasteiger charge is 2.33. The highest BCUT2D eigenvalue weighted by molar-refractivity contribution is 5.68. The summed E-state index contributed by atoms with van der Waals surface area (Å²) >= 11 is 0. The maximum absolute atomic E-state index is 12.1. The van der Waals surface area contributed by atoms with E-state index in [1.54, 1.807) is 0 Å². The van der Waals surface area contributed by atoms with Gasteiger partial charge in [0, 0.05) is 18.6 Å². The molecule has 1 aliphatic rings. The van der Waals surface area contributed by atoms with Gasteiger partial charge in [-0.3, -0.25) is 0 Å². The van der Waals surface area contributed by atoms with Gasteiger partial charge in [0.15, 0.2) is 0 Å². The van der Waals surface area contributed by atoms with Gasteiger partial charge in [0.1, 0.15) is 5.60 Å². The molecule has 1 heterocycles. The zero-order valence-electron chi connectivity index (χ0n) is 14.8. The molecule has 0 aliphatic carbocycles. The summed E-state index contributed by atoms with van der Waals surface area (Å²) in [5, 5.41) is 3.71. The van der Waals surface area contributed by atoms with Crippen molar-refractivity contribution in [2.75, 3.05) is 19.6 Å². The zero-order chi connectivity index (χ0) is 16.1. The van der Waals surface area contributed by atoms with Gasteiger partial charge in [-0.2, -0.15) is 0 Å². The van der Waals surface area contributed by atoms with Crippen molar-refractivity contribution in [1.29, 1.82) is 0 Å². The van der Waals surface area contributed by atoms with Crippen molar-refractivity contribution < 1.29 is 9.53 Å². The molecular weight excluding hydrogens is 264 g/mol. The lowest BCUT2D eigenvalue weighted by Gasteiger charge is -2.41. The molecule has 21 heavy (non-hydrogen) atoms. The molecule has 1 unspecified atom stereocenters. The Morgan fingerprint density at radius 2 is 1.90 bits per heavy atom. The van der Waals surface area contributed by atoms with Crippen LogP contribution in [0.25, 0.3) is 0 Å². The minimum absolute atomic E-state index is 0.153. The molecule has 4 heteroatoms. The summed E-state index contributed by atoms with van der Waals surface area (Å²) < 4.78 is 5.44. The van der Waals surface area contributed by atoms with Crippen LogP contribution in [0.2, 0.25) is 0 Å². The highest BCUT2D eigenvalue weighted by Crippen LogP contribution is 2.23. The Balaban J connectivity index is 2.38. The molecule has 0 spiro atoms. The van der Waals surface area contributed by atoms with E-state index < -0.39 is 5.60 Å². The number of carbonyl (C=O) groups is 1. The molecule has 0 aromatic rings. The summed E-state index contributed by atoms with van der Waals surface area (Å²) in [6.45, 7) is 15.2. The van der Waals surface area contributed by atoms with Gasteiger partial charge in [-0.25, -0.2) is 4.79 Å². The van der Waals surface area contributed by atoms with Crippen LogP contribution in [0.4, 0.5) is 4.79 Å². The Morgan fingerprint density at radius 3 is 2.38 bits per heavy atom. The third-order valence-electron chi connectivity index (χ3n) is 4.18. The summed E-state index contributed by atoms with van der Waals surface area (Å²) in [6, 6.07) is 0. The third kappa shape index (κ3) is 6.68. The van der Waals surface area contributed by atoms with Gasteiger partial charge < -0.3 is 15.0 Å². The fraction of sp³-hybridized carbons (Fsp3) is 0.941. The first-order valence-electron chi connectivity index (χ1n) is 8.38. The molecule has 1 amide bonds. The predicted octanol–water partition coefficient (Wildman–Crippen LogP) is 3.80. The zero-order valence-corrected chi connectivity index (χ0v) is 14.8. The minimum Gasteiger partial charge on any atom is -0.444 e. The van der Waals surface area contributed by atoms with Gasteiger partial charge in [0.05, 0.1) is 0 Å². The average Bonchev–Trinajstić information content (AvgIpc) is 2.36. The molecule has 0 bridgehead atoms. The summed E-state index contributed by atoms with van der Waals surface area (Å²) in [5.41, 5.74) is -0.258. The first-order valence-corrected chi connectivity index (χ1v) is 8.38. The monoisotopic (exact) mass is 298 g/mol. The molecular formula is C17H34N2O2. The Kier molecular flexibility index (Phi) is 6.51. The largest absolute Gasteiger partial charge is 0.444 e. The SMILES string of the molecule is CCCC(C)CNC1(C)CCN(C(=O)OC(C)(C)C)CC1. The van der Waals surface area contributed by atoms with Crippen LogP contribution in [0.1, 0.15) is 67.2 Å². The topological polar surface area (TPSA) is 41.6 Å². The summed E-state index contributed by atoms with van der Waals surface area (Å²) in [5.74, 6) is 0.718. The van der Waals surface area contributed by atoms with Crippen LogP contribution in [0, 0.1) is 5.92 Å². The van der Waals surface area contributed by atoms with Gasteiger partial charge in [0.2, 0.25) is 0 Å². The number of amides is 1. The molecule has 4 nitrogen and oxygen atoms in total. The Hall–Kier alpha value is -0.770. The van der Waals surface area contributed by atoms with Crippen molar-refractivity contribution in [2.24, 2.45) is 5.92 Å². The Bertz CT molecular complexity index is 328. The molecule has 0 saturated carbocycles. The number of nitrogens with one attached hydrogen (secondary N) is 1. The van der Waals surface area contributed by atoms with E-state index in [0.717, 1.165) is 38.4 Å². The van der Waals surface area contributed by atoms with Gasteiger partial charge in [-0.05, 0) is 59.4 Å². The van der Waals surface area contributed by atoms with Crippen LogP contribution in [-0.2, 0) is 4.74 Å². The first kappa shape index (κ1) is 18.3. The number of nitrogens with zero attached hydrogens (tertiary/aromatic N) is 1. The van der Waals surface area contributed by atoms with Crippen LogP contribution in [0.5, 0.6) is 0 Å². The second-order valence-electron chi connectivity index (χ2n) is 7.80. The summed E-state index contributed by atoms with van der Waals surface area (Å²) in [4.78, 5) is 13.9. The molecule has 0 aromatic carbocycles. The number of likely N-dealkylation sites (tertiary alicyclic amines) is 1. The number of carbonyl (C=O) groups excluding carboxylic acids is 1. The minimum atomic E-state index is -0.411. The lowest BCUT2D eigenvalue weighted by Crippen LogP contribution is -2.54. The van der Waals surface area contributed by atoms with Crippen LogP contribution in [-0.4, -0.2) is 41.8 Å². The molecule has 1 rings (SSSR count). The smallest absolute Gasteiger partial charge is 0.410 e. The van der Waals surface area contributed by atoms with Crippen molar-refractivity contribution in [3.8, 4) is 0 Å². The average molecular weight is 298 g/mol. The van der Waals surface area contributed by atoms with E-state index in [2.05, 4.69) is 26.1 Å². The maximum Gasteiger partial charge on any atom is 0.410 e. The summed E-state index contributed by atoms with van der Waals surface area (Å²) in [6.07, 6.45) is 4.32. The van der Waals surface area contributed by atoms with E-state index in [0.29, 0.717) is 0 Å². The fourth-order valence-corrected chi connectivity index (χ4v) is 2.70. The molecule has 0 radical (unpaired) electrons. The van der Waals surface area contributed by atoms with Gasteiger partial charge in [-0.15, -0.1) is 0 Å². The number of hydrogen-bond acceptors (Lipinski definition) is 3. The molecule has 1 atom stereocenters. The second-order valence-corrected chi connectivity index (χ2v) is 7.80.